The van der Waals surface area contributed by atoms with Gasteiger partial charge in [0.2, 0.25) is 0 Å². The first-order valence-corrected chi connectivity index (χ1v) is 11.5. The van der Waals surface area contributed by atoms with E-state index in [0.29, 0.717) is 49.9 Å². The number of aromatic nitrogens is 1. The maximum Gasteiger partial charge on any atom is 0.293 e. The molecule has 1 aromatic heterocycles. The average Bonchev–Trinajstić information content (AvgIpc) is 3.13. The molecule has 0 spiro atoms. The largest absolute Gasteiger partial charge is 0.383 e. The zero-order valence-corrected chi connectivity index (χ0v) is 19.7. The van der Waals surface area contributed by atoms with Crippen molar-refractivity contribution in [2.24, 2.45) is 4.99 Å². The van der Waals surface area contributed by atoms with E-state index in [0.717, 1.165) is 21.3 Å². The third-order valence-corrected chi connectivity index (χ3v) is 6.83. The van der Waals surface area contributed by atoms with Crippen molar-refractivity contribution in [3.63, 3.8) is 0 Å². The molecule has 174 valence electrons. The van der Waals surface area contributed by atoms with Crippen LogP contribution in [0.15, 0.2) is 35.3 Å². The van der Waals surface area contributed by atoms with Gasteiger partial charge in [-0.25, -0.2) is 0 Å². The number of benzene rings is 2. The number of hydrogen-bond acceptors (Lipinski definition) is 7. The van der Waals surface area contributed by atoms with Gasteiger partial charge in [-0.2, -0.15) is 4.99 Å². The molecule has 0 radical (unpaired) electrons. The van der Waals surface area contributed by atoms with E-state index in [1.54, 1.807) is 19.2 Å². The molecule has 1 fully saturated rings. The summed E-state index contributed by atoms with van der Waals surface area (Å²) < 4.78 is 13.6. The number of hydrogen-bond donors (Lipinski definition) is 0. The lowest BCUT2D eigenvalue weighted by molar-refractivity contribution is -0.384. The van der Waals surface area contributed by atoms with Gasteiger partial charge in [0, 0.05) is 38.4 Å². The smallest absolute Gasteiger partial charge is 0.293 e. The Morgan fingerprint density at radius 2 is 1.94 bits per heavy atom. The van der Waals surface area contributed by atoms with Crippen LogP contribution in [-0.2, 0) is 16.0 Å². The second kappa shape index (κ2) is 9.82. The van der Waals surface area contributed by atoms with Crippen LogP contribution in [0.5, 0.6) is 0 Å². The van der Waals surface area contributed by atoms with Crippen LogP contribution in [0.25, 0.3) is 10.2 Å². The molecule has 0 bridgehead atoms. The second-order valence-corrected chi connectivity index (χ2v) is 8.92. The number of fused-ring (bicyclic) bond motifs is 1. The van der Waals surface area contributed by atoms with Crippen molar-refractivity contribution in [2.45, 2.75) is 20.4 Å². The Balaban J connectivity index is 1.75. The van der Waals surface area contributed by atoms with Gasteiger partial charge < -0.3 is 18.9 Å². The van der Waals surface area contributed by atoms with Crippen LogP contribution in [0.4, 0.5) is 11.4 Å². The molecule has 0 atom stereocenters. The number of amides is 1. The van der Waals surface area contributed by atoms with Crippen LogP contribution in [0.2, 0.25) is 0 Å². The number of nitrogens with zero attached hydrogens (tertiary/aromatic N) is 4. The predicted molar refractivity (Wildman–Crippen MR) is 127 cm³/mol. The number of nitro groups is 1. The highest BCUT2D eigenvalue weighted by molar-refractivity contribution is 7.16. The van der Waals surface area contributed by atoms with Gasteiger partial charge in [-0.05, 0) is 49.2 Å². The van der Waals surface area contributed by atoms with Gasteiger partial charge in [-0.3, -0.25) is 14.9 Å². The molecule has 1 saturated heterocycles. The molecular formula is C23H26N4O5S. The summed E-state index contributed by atoms with van der Waals surface area (Å²) in [6.45, 7) is 7.27. The maximum atomic E-state index is 13.1. The Morgan fingerprint density at radius 1 is 1.21 bits per heavy atom. The van der Waals surface area contributed by atoms with Crippen molar-refractivity contribution in [1.82, 2.24) is 4.57 Å². The van der Waals surface area contributed by atoms with Crippen LogP contribution < -0.4 is 9.70 Å². The Bertz CT molecular complexity index is 1270. The molecule has 1 aliphatic rings. The molecule has 0 saturated carbocycles. The average molecular weight is 471 g/mol. The number of carbonyl (C=O) groups excluding carboxylic acids is 1. The first-order valence-electron chi connectivity index (χ1n) is 10.7. The number of ether oxygens (including phenoxy) is 2. The third-order valence-electron chi connectivity index (χ3n) is 5.79. The van der Waals surface area contributed by atoms with E-state index >= 15 is 0 Å². The van der Waals surface area contributed by atoms with E-state index in [1.807, 2.05) is 23.3 Å². The number of aryl methyl sites for hydroxylation is 2. The van der Waals surface area contributed by atoms with Crippen LogP contribution >= 0.6 is 11.3 Å². The first kappa shape index (κ1) is 23.1. The standard InChI is InChI=1S/C23H26N4O5S/c1-15-12-20-21(13-16(15)2)33-23(26(20)8-9-31-3)24-22(28)17-4-5-18(19(14-17)27(29)30)25-6-10-32-11-7-25/h4-5,12-14H,6-11H2,1-3H3. The van der Waals surface area contributed by atoms with Crippen LogP contribution in [-0.4, -0.2) is 55.4 Å². The van der Waals surface area contributed by atoms with E-state index in [4.69, 9.17) is 9.47 Å². The van der Waals surface area contributed by atoms with E-state index < -0.39 is 10.8 Å². The van der Waals surface area contributed by atoms with Gasteiger partial charge in [0.05, 0.1) is 35.0 Å². The van der Waals surface area contributed by atoms with Crippen molar-refractivity contribution < 1.29 is 19.2 Å². The SMILES string of the molecule is COCCn1c(=NC(=O)c2ccc(N3CCOCC3)c([N+](=O)[O-])c2)sc2cc(C)c(C)cc21. The highest BCUT2D eigenvalue weighted by Gasteiger charge is 2.23. The fourth-order valence-electron chi connectivity index (χ4n) is 3.83. The lowest BCUT2D eigenvalue weighted by Crippen LogP contribution is -2.36. The molecule has 9 nitrogen and oxygen atoms in total. The number of rotatable bonds is 6. The molecular weight excluding hydrogens is 444 g/mol. The van der Waals surface area contributed by atoms with E-state index in [9.17, 15) is 14.9 Å². The minimum absolute atomic E-state index is 0.104. The monoisotopic (exact) mass is 470 g/mol. The Hall–Kier alpha value is -3.08. The van der Waals surface area contributed by atoms with Crippen molar-refractivity contribution in [1.29, 1.82) is 0 Å². The number of nitro benzene ring substituents is 1. The Labute approximate surface area is 195 Å². The molecule has 1 amide bonds. The number of methoxy groups -OCH3 is 1. The van der Waals surface area contributed by atoms with Crippen LogP contribution in [0, 0.1) is 24.0 Å². The van der Waals surface area contributed by atoms with Gasteiger partial charge in [0.25, 0.3) is 11.6 Å². The minimum atomic E-state index is -0.516. The Kier molecular flexibility index (Phi) is 6.87. The summed E-state index contributed by atoms with van der Waals surface area (Å²) in [4.78, 5) is 31.1. The van der Waals surface area contributed by atoms with Crippen LogP contribution in [0.3, 0.4) is 0 Å². The number of carbonyl (C=O) groups is 1. The van der Waals surface area contributed by atoms with Gasteiger partial charge in [0.1, 0.15) is 5.69 Å². The molecule has 0 unspecified atom stereocenters. The zero-order valence-electron chi connectivity index (χ0n) is 18.9. The number of anilines is 1. The van der Waals surface area contributed by atoms with Gasteiger partial charge in [0.15, 0.2) is 4.80 Å². The van der Waals surface area contributed by atoms with Gasteiger partial charge >= 0.3 is 0 Å². The Morgan fingerprint density at radius 3 is 2.64 bits per heavy atom. The molecule has 1 aliphatic heterocycles. The van der Waals surface area contributed by atoms with Crippen molar-refractivity contribution in [3.8, 4) is 0 Å². The van der Waals surface area contributed by atoms with Crippen molar-refractivity contribution in [3.05, 3.63) is 61.9 Å². The highest BCUT2D eigenvalue weighted by Crippen LogP contribution is 2.30. The molecule has 33 heavy (non-hydrogen) atoms. The van der Waals surface area contributed by atoms with E-state index in [2.05, 4.69) is 17.1 Å². The summed E-state index contributed by atoms with van der Waals surface area (Å²) in [6.07, 6.45) is 0. The molecule has 2 heterocycles. The third kappa shape index (κ3) is 4.82. The minimum Gasteiger partial charge on any atom is -0.383 e. The summed E-state index contributed by atoms with van der Waals surface area (Å²) in [6, 6.07) is 8.72. The summed E-state index contributed by atoms with van der Waals surface area (Å²) in [5, 5.41) is 11.7. The topological polar surface area (TPSA) is 99.2 Å². The quantitative estimate of drug-likeness (QED) is 0.404. The van der Waals surface area contributed by atoms with Crippen molar-refractivity contribution in [2.75, 3.05) is 44.9 Å². The molecule has 3 aromatic rings. The van der Waals surface area contributed by atoms with E-state index in [1.165, 1.54) is 17.4 Å². The summed E-state index contributed by atoms with van der Waals surface area (Å²) in [5.74, 6) is -0.516. The molecule has 2 aromatic carbocycles. The molecule has 0 aliphatic carbocycles. The van der Waals surface area contributed by atoms with Crippen LogP contribution in [0.1, 0.15) is 21.5 Å². The predicted octanol–water partition coefficient (Wildman–Crippen LogP) is 3.45. The summed E-state index contributed by atoms with van der Waals surface area (Å²) >= 11 is 1.42. The van der Waals surface area contributed by atoms with Gasteiger partial charge in [-0.1, -0.05) is 11.3 Å². The van der Waals surface area contributed by atoms with Gasteiger partial charge in [-0.15, -0.1) is 0 Å². The summed E-state index contributed by atoms with van der Waals surface area (Å²) in [7, 11) is 1.63. The maximum absolute atomic E-state index is 13.1. The van der Waals surface area contributed by atoms with E-state index in [-0.39, 0.29) is 11.3 Å². The zero-order chi connectivity index (χ0) is 23.5. The molecule has 10 heteroatoms. The fraction of sp³-hybridized carbons (Fsp3) is 0.391. The first-order chi connectivity index (χ1) is 15.9. The lowest BCUT2D eigenvalue weighted by atomic mass is 10.1. The fourth-order valence-corrected chi connectivity index (χ4v) is 4.97. The lowest BCUT2D eigenvalue weighted by Gasteiger charge is -2.28. The molecule has 0 N–H and O–H groups in total. The normalized spacial score (nSPS) is 14.8. The second-order valence-electron chi connectivity index (χ2n) is 7.91. The van der Waals surface area contributed by atoms with Crippen molar-refractivity contribution >= 4 is 38.8 Å². The summed E-state index contributed by atoms with van der Waals surface area (Å²) in [5.41, 5.74) is 3.87. The number of morpholine rings is 1. The molecule has 4 rings (SSSR count). The number of thiazole rings is 1. The highest BCUT2D eigenvalue weighted by atomic mass is 32.1.